The summed E-state index contributed by atoms with van der Waals surface area (Å²) in [6.07, 6.45) is 14.0. The van der Waals surface area contributed by atoms with E-state index in [1.807, 2.05) is 48.2 Å². The molecule has 8 nitrogen and oxygen atoms in total. The number of hydrogen-bond donors (Lipinski definition) is 1. The molecule has 0 bridgehead atoms. The molecule has 2 aliphatic heterocycles. The molecule has 2 saturated heterocycles. The third-order valence-electron chi connectivity index (χ3n) is 7.50. The van der Waals surface area contributed by atoms with Crippen LogP contribution in [0.25, 0.3) is 0 Å². The molecule has 2 heterocycles. The highest BCUT2D eigenvalue weighted by Crippen LogP contribution is 2.43. The molecule has 0 radical (unpaired) electrons. The van der Waals surface area contributed by atoms with Crippen LogP contribution in [-0.2, 0) is 19.1 Å². The molecule has 1 amide bonds. The largest absolute Gasteiger partial charge is 0.497 e. The van der Waals surface area contributed by atoms with E-state index in [2.05, 4.69) is 31.1 Å². The topological polar surface area (TPSA) is 88.5 Å². The van der Waals surface area contributed by atoms with E-state index in [9.17, 15) is 14.7 Å². The number of rotatable bonds is 14. The smallest absolute Gasteiger partial charge is 0.308 e. The first kappa shape index (κ1) is 33.8. The number of ether oxygens (including phenoxy) is 3. The third-order valence-corrected chi connectivity index (χ3v) is 7.50. The van der Waals surface area contributed by atoms with Crippen LogP contribution in [0.15, 0.2) is 47.9 Å². The maximum Gasteiger partial charge on any atom is 0.308 e. The Hall–Kier alpha value is -3.44. The Morgan fingerprint density at radius 2 is 1.76 bits per heavy atom. The monoisotopic (exact) mass is 568 g/mol. The van der Waals surface area contributed by atoms with Gasteiger partial charge in [-0.15, -0.1) is 12.3 Å². The Labute approximate surface area is 246 Å². The maximum absolute atomic E-state index is 13.6. The Kier molecular flexibility index (Phi) is 14.9. The molecule has 1 aromatic carbocycles. The van der Waals surface area contributed by atoms with E-state index in [0.717, 1.165) is 50.8 Å². The minimum absolute atomic E-state index is 0.0694. The van der Waals surface area contributed by atoms with Gasteiger partial charge in [0.15, 0.2) is 11.5 Å². The summed E-state index contributed by atoms with van der Waals surface area (Å²) >= 11 is 0. The summed E-state index contributed by atoms with van der Waals surface area (Å²) in [5, 5.41) is 10.4. The Morgan fingerprint density at radius 3 is 2.34 bits per heavy atom. The van der Waals surface area contributed by atoms with E-state index in [1.165, 1.54) is 0 Å². The number of carbonyl (C=O) groups is 2. The standard InChI is InChI=1S/C30H44N2O6.C3H4/c1-5-8-10-18-31(17-9-6-2)27(33)20-32-19-23(13-16-26-25(7-3)37-21-38-26)28(30(34)35)29(32)22-11-14-24(36-4)15-12-22;1-3-2/h7,11-12,14-16,23,28-29H,5-6,8-10,13,17-21H2,1-4H3,(H,34,35);1H,2H3/b25-7+,26-16+;/t23-,28+,29-;/m0./s1. The fourth-order valence-electron chi connectivity index (χ4n) is 5.43. The fraction of sp³-hybridized carbons (Fsp3) is 0.576. The number of amides is 1. The van der Waals surface area contributed by atoms with Crippen LogP contribution in [0.4, 0.5) is 0 Å². The molecule has 0 saturated carbocycles. The van der Waals surface area contributed by atoms with Crippen LogP contribution < -0.4 is 4.74 Å². The number of allylic oxidation sites excluding steroid dienone is 2. The van der Waals surface area contributed by atoms with E-state index in [-0.39, 0.29) is 25.2 Å². The van der Waals surface area contributed by atoms with Gasteiger partial charge < -0.3 is 24.2 Å². The summed E-state index contributed by atoms with van der Waals surface area (Å²) in [7, 11) is 1.61. The summed E-state index contributed by atoms with van der Waals surface area (Å²) in [6, 6.07) is 7.11. The number of benzene rings is 1. The van der Waals surface area contributed by atoms with Crippen molar-refractivity contribution < 1.29 is 28.9 Å². The van der Waals surface area contributed by atoms with Gasteiger partial charge >= 0.3 is 5.97 Å². The summed E-state index contributed by atoms with van der Waals surface area (Å²) < 4.78 is 16.4. The molecule has 0 unspecified atom stereocenters. The van der Waals surface area contributed by atoms with Crippen molar-refractivity contribution in [3.63, 3.8) is 0 Å². The van der Waals surface area contributed by atoms with E-state index >= 15 is 0 Å². The van der Waals surface area contributed by atoms with Gasteiger partial charge in [0.05, 0.1) is 19.6 Å². The van der Waals surface area contributed by atoms with Gasteiger partial charge in [0, 0.05) is 25.7 Å². The normalized spacial score (nSPS) is 21.9. The third kappa shape index (κ3) is 9.86. The van der Waals surface area contributed by atoms with Gasteiger partial charge in [0.25, 0.3) is 0 Å². The number of hydrogen-bond acceptors (Lipinski definition) is 6. The van der Waals surface area contributed by atoms with Gasteiger partial charge in [0.1, 0.15) is 5.75 Å². The molecule has 226 valence electrons. The second kappa shape index (κ2) is 18.1. The first-order chi connectivity index (χ1) is 19.8. The highest BCUT2D eigenvalue weighted by molar-refractivity contribution is 5.79. The molecule has 1 N–H and O–H groups in total. The van der Waals surface area contributed by atoms with Gasteiger partial charge in [-0.3, -0.25) is 14.5 Å². The van der Waals surface area contributed by atoms with Gasteiger partial charge in [0.2, 0.25) is 12.7 Å². The van der Waals surface area contributed by atoms with E-state index in [0.29, 0.717) is 30.2 Å². The van der Waals surface area contributed by atoms with Crippen LogP contribution >= 0.6 is 0 Å². The van der Waals surface area contributed by atoms with Crippen molar-refractivity contribution in [2.24, 2.45) is 11.8 Å². The summed E-state index contributed by atoms with van der Waals surface area (Å²) in [5.41, 5.74) is 0.877. The van der Waals surface area contributed by atoms with Crippen molar-refractivity contribution in [1.29, 1.82) is 0 Å². The lowest BCUT2D eigenvalue weighted by Gasteiger charge is -2.30. The van der Waals surface area contributed by atoms with Gasteiger partial charge in [-0.05, 0) is 68.9 Å². The van der Waals surface area contributed by atoms with Crippen LogP contribution in [0.2, 0.25) is 0 Å². The molecule has 3 atom stereocenters. The number of carbonyl (C=O) groups excluding carboxylic acids is 1. The fourth-order valence-corrected chi connectivity index (χ4v) is 5.43. The van der Waals surface area contributed by atoms with Crippen LogP contribution in [0.3, 0.4) is 0 Å². The average Bonchev–Trinajstić information content (AvgIpc) is 3.58. The van der Waals surface area contributed by atoms with Crippen LogP contribution in [0.5, 0.6) is 5.75 Å². The number of aliphatic carboxylic acids is 1. The Morgan fingerprint density at radius 1 is 1.12 bits per heavy atom. The molecular weight excluding hydrogens is 520 g/mol. The SMILES string of the molecule is C#CC.C/C=C1/OCO/C1=C/C[C@H]1CN(CC(=O)N(CCCC)CCCCC)[C@@H](c2ccc(OC)cc2)[C@@H]1C(=O)O. The van der Waals surface area contributed by atoms with Crippen molar-refractivity contribution in [2.45, 2.75) is 72.3 Å². The van der Waals surface area contributed by atoms with Crippen molar-refractivity contribution in [3.05, 3.63) is 53.5 Å². The number of likely N-dealkylation sites (tertiary alicyclic amines) is 1. The average molecular weight is 569 g/mol. The van der Waals surface area contributed by atoms with Gasteiger partial charge in [-0.2, -0.15) is 0 Å². The van der Waals surface area contributed by atoms with Crippen LogP contribution in [-0.4, -0.2) is 66.9 Å². The molecule has 0 aromatic heterocycles. The second-order valence-electron chi connectivity index (χ2n) is 10.4. The van der Waals surface area contributed by atoms with E-state index in [4.69, 9.17) is 14.2 Å². The number of nitrogens with zero attached hydrogens (tertiary/aromatic N) is 2. The predicted octanol–water partition coefficient (Wildman–Crippen LogP) is 6.01. The molecule has 41 heavy (non-hydrogen) atoms. The second-order valence-corrected chi connectivity index (χ2v) is 10.4. The molecule has 3 rings (SSSR count). The van der Waals surface area contributed by atoms with Crippen molar-refractivity contribution in [2.75, 3.05) is 40.1 Å². The molecule has 0 spiro atoms. The zero-order valence-electron chi connectivity index (χ0n) is 25.4. The molecule has 2 fully saturated rings. The van der Waals surface area contributed by atoms with Crippen molar-refractivity contribution >= 4 is 11.9 Å². The maximum atomic E-state index is 13.6. The first-order valence-corrected chi connectivity index (χ1v) is 14.7. The zero-order chi connectivity index (χ0) is 30.2. The molecule has 8 heteroatoms. The molecular formula is C33H48N2O6. The molecule has 0 aliphatic carbocycles. The number of terminal acetylenes is 1. The highest BCUT2D eigenvalue weighted by Gasteiger charge is 2.47. The van der Waals surface area contributed by atoms with Crippen LogP contribution in [0.1, 0.15) is 77.8 Å². The number of carboxylic acid groups (broad SMARTS) is 1. The van der Waals surface area contributed by atoms with Crippen molar-refractivity contribution in [1.82, 2.24) is 9.80 Å². The summed E-state index contributed by atoms with van der Waals surface area (Å²) in [4.78, 5) is 30.3. The highest BCUT2D eigenvalue weighted by atomic mass is 16.7. The van der Waals surface area contributed by atoms with E-state index in [1.54, 1.807) is 14.0 Å². The summed E-state index contributed by atoms with van der Waals surface area (Å²) in [6.45, 7) is 10.2. The molecule has 1 aromatic rings. The minimum Gasteiger partial charge on any atom is -0.497 e. The number of methoxy groups -OCH3 is 1. The predicted molar refractivity (Wildman–Crippen MR) is 161 cm³/mol. The first-order valence-electron chi connectivity index (χ1n) is 14.7. The lowest BCUT2D eigenvalue weighted by atomic mass is 9.85. The quantitative estimate of drug-likeness (QED) is 0.217. The number of unbranched alkanes of at least 4 members (excludes halogenated alkanes) is 3. The Balaban J connectivity index is 0.00000187. The summed E-state index contributed by atoms with van der Waals surface area (Å²) in [5.74, 6) is 2.63. The molecule has 2 aliphatic rings. The lowest BCUT2D eigenvalue weighted by Crippen LogP contribution is -2.42. The van der Waals surface area contributed by atoms with Gasteiger partial charge in [-0.25, -0.2) is 0 Å². The van der Waals surface area contributed by atoms with Crippen molar-refractivity contribution in [3.8, 4) is 18.1 Å². The number of carboxylic acids is 1. The van der Waals surface area contributed by atoms with E-state index < -0.39 is 17.9 Å². The zero-order valence-corrected chi connectivity index (χ0v) is 25.4. The minimum atomic E-state index is -0.857. The van der Waals surface area contributed by atoms with Gasteiger partial charge in [-0.1, -0.05) is 45.2 Å². The lowest BCUT2D eigenvalue weighted by molar-refractivity contribution is -0.144. The van der Waals surface area contributed by atoms with Crippen LogP contribution in [0, 0.1) is 24.2 Å². The Bertz CT molecular complexity index is 1060.